The molecule has 0 aliphatic rings. The number of nitrogens with one attached hydrogen (secondary N) is 1. The molecule has 0 aliphatic carbocycles. The van der Waals surface area contributed by atoms with Crippen LogP contribution < -0.4 is 10.5 Å². The molecule has 0 saturated carbocycles. The SMILES string of the molecule is Nc1ccc(S(=O)(=O)NCc2ccc([N+](=O)[O-])cc2)cc1. The summed E-state index contributed by atoms with van der Waals surface area (Å²) in [6, 6.07) is 11.5. The highest BCUT2D eigenvalue weighted by Crippen LogP contribution is 2.14. The van der Waals surface area contributed by atoms with Crippen LogP contribution in [0.4, 0.5) is 11.4 Å². The molecule has 0 amide bonds. The van der Waals surface area contributed by atoms with Crippen molar-refractivity contribution in [2.45, 2.75) is 11.4 Å². The van der Waals surface area contributed by atoms with Crippen molar-refractivity contribution in [1.82, 2.24) is 4.72 Å². The van der Waals surface area contributed by atoms with E-state index in [2.05, 4.69) is 4.72 Å². The molecule has 0 fully saturated rings. The van der Waals surface area contributed by atoms with Gasteiger partial charge in [-0.1, -0.05) is 12.1 Å². The molecular weight excluding hydrogens is 294 g/mol. The maximum Gasteiger partial charge on any atom is 0.269 e. The van der Waals surface area contributed by atoms with Gasteiger partial charge in [0.05, 0.1) is 9.82 Å². The number of anilines is 1. The lowest BCUT2D eigenvalue weighted by Crippen LogP contribution is -2.23. The van der Waals surface area contributed by atoms with Gasteiger partial charge >= 0.3 is 0 Å². The lowest BCUT2D eigenvalue weighted by Gasteiger charge is -2.07. The standard InChI is InChI=1S/C13H13N3O4S/c14-11-3-7-13(8-4-11)21(19,20)15-9-10-1-5-12(6-2-10)16(17)18/h1-8,15H,9,14H2. The van der Waals surface area contributed by atoms with Gasteiger partial charge in [0.1, 0.15) is 0 Å². The van der Waals surface area contributed by atoms with Crippen LogP contribution in [0.3, 0.4) is 0 Å². The fraction of sp³-hybridized carbons (Fsp3) is 0.0769. The van der Waals surface area contributed by atoms with Crippen LogP contribution in [0.5, 0.6) is 0 Å². The molecule has 0 bridgehead atoms. The molecule has 0 atom stereocenters. The molecule has 110 valence electrons. The van der Waals surface area contributed by atoms with Crippen LogP contribution in [0.1, 0.15) is 5.56 Å². The fourth-order valence-corrected chi connectivity index (χ4v) is 2.66. The predicted octanol–water partition coefficient (Wildman–Crippen LogP) is 1.66. The number of benzene rings is 2. The van der Waals surface area contributed by atoms with Crippen LogP contribution in [0.15, 0.2) is 53.4 Å². The van der Waals surface area contributed by atoms with Gasteiger partial charge in [0.25, 0.3) is 5.69 Å². The van der Waals surface area contributed by atoms with E-state index in [-0.39, 0.29) is 17.1 Å². The Morgan fingerprint density at radius 1 is 1.05 bits per heavy atom. The summed E-state index contributed by atoms with van der Waals surface area (Å²) in [4.78, 5) is 10.1. The lowest BCUT2D eigenvalue weighted by atomic mass is 10.2. The zero-order chi connectivity index (χ0) is 15.5. The van der Waals surface area contributed by atoms with E-state index in [0.717, 1.165) is 0 Å². The first-order chi connectivity index (χ1) is 9.88. The van der Waals surface area contributed by atoms with E-state index in [1.807, 2.05) is 0 Å². The molecular formula is C13H13N3O4S. The van der Waals surface area contributed by atoms with Gasteiger partial charge in [-0.15, -0.1) is 0 Å². The zero-order valence-corrected chi connectivity index (χ0v) is 11.7. The Hall–Kier alpha value is -2.45. The Bertz CT molecular complexity index is 740. The Balaban J connectivity index is 2.08. The Kier molecular flexibility index (Phi) is 4.20. The van der Waals surface area contributed by atoms with Crippen LogP contribution in [0.2, 0.25) is 0 Å². The van der Waals surface area contributed by atoms with Gasteiger partial charge in [-0.3, -0.25) is 10.1 Å². The first-order valence-electron chi connectivity index (χ1n) is 5.97. The second-order valence-corrected chi connectivity index (χ2v) is 6.08. The van der Waals surface area contributed by atoms with Gasteiger partial charge in [-0.2, -0.15) is 0 Å². The first-order valence-corrected chi connectivity index (χ1v) is 7.45. The number of nitro groups is 1. The number of hydrogen-bond acceptors (Lipinski definition) is 5. The number of hydrogen-bond donors (Lipinski definition) is 2. The molecule has 0 heterocycles. The van der Waals surface area contributed by atoms with E-state index >= 15 is 0 Å². The van der Waals surface area contributed by atoms with E-state index in [9.17, 15) is 18.5 Å². The Labute approximate surface area is 121 Å². The minimum absolute atomic E-state index is 0.0415. The van der Waals surface area contributed by atoms with Gasteiger partial charge in [0.2, 0.25) is 10.0 Å². The topological polar surface area (TPSA) is 115 Å². The van der Waals surface area contributed by atoms with Gasteiger partial charge in [0.15, 0.2) is 0 Å². The first kappa shape index (κ1) is 14.9. The van der Waals surface area contributed by atoms with E-state index in [0.29, 0.717) is 11.3 Å². The molecule has 2 aromatic rings. The molecule has 0 aliphatic heterocycles. The number of nitrogen functional groups attached to an aromatic ring is 1. The van der Waals surface area contributed by atoms with Crippen molar-refractivity contribution in [3.05, 3.63) is 64.2 Å². The molecule has 0 spiro atoms. The minimum atomic E-state index is -3.64. The van der Waals surface area contributed by atoms with Crippen molar-refractivity contribution in [1.29, 1.82) is 0 Å². The molecule has 0 radical (unpaired) electrons. The van der Waals surface area contributed by atoms with Crippen molar-refractivity contribution in [3.63, 3.8) is 0 Å². The quantitative estimate of drug-likeness (QED) is 0.495. The minimum Gasteiger partial charge on any atom is -0.399 e. The third-order valence-electron chi connectivity index (χ3n) is 2.80. The maximum atomic E-state index is 12.0. The van der Waals surface area contributed by atoms with Gasteiger partial charge < -0.3 is 5.73 Å². The summed E-state index contributed by atoms with van der Waals surface area (Å²) in [7, 11) is -3.64. The molecule has 7 nitrogen and oxygen atoms in total. The lowest BCUT2D eigenvalue weighted by molar-refractivity contribution is -0.384. The molecule has 21 heavy (non-hydrogen) atoms. The van der Waals surface area contributed by atoms with Crippen molar-refractivity contribution < 1.29 is 13.3 Å². The average Bonchev–Trinajstić information content (AvgIpc) is 2.46. The fourth-order valence-electron chi connectivity index (χ4n) is 1.64. The normalized spacial score (nSPS) is 11.2. The van der Waals surface area contributed by atoms with Crippen LogP contribution >= 0.6 is 0 Å². The van der Waals surface area contributed by atoms with Crippen LogP contribution in [-0.4, -0.2) is 13.3 Å². The van der Waals surface area contributed by atoms with Crippen molar-refractivity contribution in [2.24, 2.45) is 0 Å². The highest BCUT2D eigenvalue weighted by atomic mass is 32.2. The summed E-state index contributed by atoms with van der Waals surface area (Å²) >= 11 is 0. The van der Waals surface area contributed by atoms with Gasteiger partial charge in [0, 0.05) is 24.4 Å². The summed E-state index contributed by atoms with van der Waals surface area (Å²) in [5, 5.41) is 10.5. The zero-order valence-electron chi connectivity index (χ0n) is 10.9. The molecule has 0 saturated heterocycles. The summed E-state index contributed by atoms with van der Waals surface area (Å²) < 4.78 is 26.5. The summed E-state index contributed by atoms with van der Waals surface area (Å²) in [5.41, 5.74) is 6.56. The summed E-state index contributed by atoms with van der Waals surface area (Å²) in [5.74, 6) is 0. The smallest absolute Gasteiger partial charge is 0.269 e. The number of nitro benzene ring substituents is 1. The average molecular weight is 307 g/mol. The third-order valence-corrected chi connectivity index (χ3v) is 4.22. The van der Waals surface area contributed by atoms with Crippen LogP contribution in [-0.2, 0) is 16.6 Å². The largest absolute Gasteiger partial charge is 0.399 e. The third kappa shape index (κ3) is 3.77. The summed E-state index contributed by atoms with van der Waals surface area (Å²) in [6.45, 7) is 0.0463. The van der Waals surface area contributed by atoms with Crippen molar-refractivity contribution in [3.8, 4) is 0 Å². The van der Waals surface area contributed by atoms with Crippen LogP contribution in [0.25, 0.3) is 0 Å². The predicted molar refractivity (Wildman–Crippen MR) is 78.0 cm³/mol. The molecule has 3 N–H and O–H groups in total. The highest BCUT2D eigenvalue weighted by molar-refractivity contribution is 7.89. The Morgan fingerprint density at radius 3 is 2.14 bits per heavy atom. The number of nitrogens with zero attached hydrogens (tertiary/aromatic N) is 1. The second-order valence-electron chi connectivity index (χ2n) is 4.32. The molecule has 2 aromatic carbocycles. The molecule has 0 unspecified atom stereocenters. The van der Waals surface area contributed by atoms with Gasteiger partial charge in [-0.05, 0) is 29.8 Å². The van der Waals surface area contributed by atoms with E-state index < -0.39 is 14.9 Å². The van der Waals surface area contributed by atoms with E-state index in [1.54, 1.807) is 0 Å². The van der Waals surface area contributed by atoms with E-state index in [1.165, 1.54) is 48.5 Å². The van der Waals surface area contributed by atoms with Crippen molar-refractivity contribution >= 4 is 21.4 Å². The number of nitrogens with two attached hydrogens (primary N) is 1. The number of non-ortho nitro benzene ring substituents is 1. The van der Waals surface area contributed by atoms with Crippen molar-refractivity contribution in [2.75, 3.05) is 5.73 Å². The maximum absolute atomic E-state index is 12.0. The number of rotatable bonds is 5. The van der Waals surface area contributed by atoms with Gasteiger partial charge in [-0.25, -0.2) is 13.1 Å². The second kappa shape index (κ2) is 5.90. The summed E-state index contributed by atoms with van der Waals surface area (Å²) in [6.07, 6.45) is 0. The molecule has 0 aromatic heterocycles. The monoisotopic (exact) mass is 307 g/mol. The molecule has 2 rings (SSSR count). The molecule has 8 heteroatoms. The number of sulfonamides is 1. The Morgan fingerprint density at radius 2 is 1.62 bits per heavy atom. The van der Waals surface area contributed by atoms with E-state index in [4.69, 9.17) is 5.73 Å². The highest BCUT2D eigenvalue weighted by Gasteiger charge is 2.13. The van der Waals surface area contributed by atoms with Crippen LogP contribution in [0, 0.1) is 10.1 Å².